The molecule has 0 bridgehead atoms. The van der Waals surface area contributed by atoms with E-state index >= 15 is 0 Å². The Bertz CT molecular complexity index is 220. The molecule has 2 aliphatic rings. The normalized spacial score (nSPS) is 43.6. The van der Waals surface area contributed by atoms with Gasteiger partial charge in [0.1, 0.15) is 5.67 Å². The Morgan fingerprint density at radius 2 is 1.41 bits per heavy atom. The smallest absolute Gasteiger partial charge is 0.110 e. The van der Waals surface area contributed by atoms with E-state index in [0.29, 0.717) is 0 Å². The average molecular weight is 240 g/mol. The molecular weight excluding hydrogens is 211 g/mol. The quantitative estimate of drug-likeness (QED) is 0.610. The van der Waals surface area contributed by atoms with Gasteiger partial charge in [0, 0.05) is 0 Å². The molecule has 0 unspecified atom stereocenters. The molecule has 1 heteroatoms. The zero-order valence-corrected chi connectivity index (χ0v) is 11.7. The van der Waals surface area contributed by atoms with Crippen LogP contribution in [0.25, 0.3) is 0 Å². The van der Waals surface area contributed by atoms with Gasteiger partial charge in [-0.1, -0.05) is 33.1 Å². The third kappa shape index (κ3) is 3.23. The van der Waals surface area contributed by atoms with Crippen LogP contribution < -0.4 is 0 Å². The third-order valence-corrected chi connectivity index (χ3v) is 5.70. The first kappa shape index (κ1) is 13.4. The predicted octanol–water partition coefficient (Wildman–Crippen LogP) is 5.51. The molecule has 0 atom stereocenters. The zero-order chi connectivity index (χ0) is 12.3. The third-order valence-electron chi connectivity index (χ3n) is 5.70. The van der Waals surface area contributed by atoms with E-state index in [1.54, 1.807) is 0 Å². The lowest BCUT2D eigenvalue weighted by Crippen LogP contribution is -2.32. The molecule has 0 aliphatic heterocycles. The fourth-order valence-electron chi connectivity index (χ4n) is 4.05. The minimum atomic E-state index is -0.808. The van der Waals surface area contributed by atoms with Gasteiger partial charge in [-0.25, -0.2) is 4.39 Å². The maximum atomic E-state index is 14.2. The molecule has 0 heterocycles. The van der Waals surface area contributed by atoms with Crippen molar-refractivity contribution in [1.29, 1.82) is 0 Å². The van der Waals surface area contributed by atoms with Crippen LogP contribution in [0.3, 0.4) is 0 Å². The highest BCUT2D eigenvalue weighted by molar-refractivity contribution is 4.88. The maximum absolute atomic E-state index is 14.2. The Labute approximate surface area is 106 Å². The van der Waals surface area contributed by atoms with Crippen molar-refractivity contribution in [2.45, 2.75) is 83.7 Å². The first-order valence-electron chi connectivity index (χ1n) is 7.85. The fraction of sp³-hybridized carbons (Fsp3) is 1.00. The molecule has 0 aromatic carbocycles. The predicted molar refractivity (Wildman–Crippen MR) is 71.8 cm³/mol. The molecule has 2 rings (SSSR count). The largest absolute Gasteiger partial charge is 0.244 e. The summed E-state index contributed by atoms with van der Waals surface area (Å²) >= 11 is 0. The van der Waals surface area contributed by atoms with Crippen molar-refractivity contribution in [2.75, 3.05) is 0 Å². The number of halogens is 1. The van der Waals surface area contributed by atoms with Crippen LogP contribution in [0.1, 0.15) is 78.1 Å². The van der Waals surface area contributed by atoms with Crippen molar-refractivity contribution in [3.63, 3.8) is 0 Å². The van der Waals surface area contributed by atoms with Crippen LogP contribution in [-0.4, -0.2) is 5.67 Å². The highest BCUT2D eigenvalue weighted by Crippen LogP contribution is 2.44. The molecule has 100 valence electrons. The molecule has 0 amide bonds. The van der Waals surface area contributed by atoms with Crippen LogP contribution in [0.5, 0.6) is 0 Å². The number of rotatable bonds is 3. The van der Waals surface area contributed by atoms with Gasteiger partial charge in [-0.3, -0.25) is 0 Å². The minimum Gasteiger partial charge on any atom is -0.244 e. The number of hydrogen-bond acceptors (Lipinski definition) is 0. The first-order chi connectivity index (χ1) is 8.17. The van der Waals surface area contributed by atoms with E-state index in [-0.39, 0.29) is 0 Å². The summed E-state index contributed by atoms with van der Waals surface area (Å²) in [5.74, 6) is 2.77. The Morgan fingerprint density at radius 1 is 0.882 bits per heavy atom. The molecule has 0 radical (unpaired) electrons. The van der Waals surface area contributed by atoms with Gasteiger partial charge in [0.15, 0.2) is 0 Å². The monoisotopic (exact) mass is 240 g/mol. The van der Waals surface area contributed by atoms with E-state index in [1.165, 1.54) is 32.1 Å². The summed E-state index contributed by atoms with van der Waals surface area (Å²) in [7, 11) is 0. The molecule has 0 saturated heterocycles. The molecular formula is C16H29F. The van der Waals surface area contributed by atoms with Crippen LogP contribution in [-0.2, 0) is 0 Å². The van der Waals surface area contributed by atoms with E-state index in [4.69, 9.17) is 0 Å². The maximum Gasteiger partial charge on any atom is 0.110 e. The van der Waals surface area contributed by atoms with E-state index in [1.807, 2.05) is 6.92 Å². The summed E-state index contributed by atoms with van der Waals surface area (Å²) in [6, 6.07) is 0. The molecule has 0 aromatic heterocycles. The summed E-state index contributed by atoms with van der Waals surface area (Å²) in [6.07, 6.45) is 11.8. The molecule has 0 aromatic rings. The second-order valence-corrected chi connectivity index (χ2v) is 6.53. The van der Waals surface area contributed by atoms with Gasteiger partial charge >= 0.3 is 0 Å². The zero-order valence-electron chi connectivity index (χ0n) is 11.7. The van der Waals surface area contributed by atoms with Gasteiger partial charge in [0.25, 0.3) is 0 Å². The van der Waals surface area contributed by atoms with Gasteiger partial charge in [-0.05, 0) is 62.7 Å². The Kier molecular flexibility index (Phi) is 4.49. The molecule has 0 nitrogen and oxygen atoms in total. The van der Waals surface area contributed by atoms with Crippen LogP contribution in [0.15, 0.2) is 0 Å². The van der Waals surface area contributed by atoms with E-state index < -0.39 is 5.67 Å². The van der Waals surface area contributed by atoms with Gasteiger partial charge in [-0.2, -0.15) is 0 Å². The van der Waals surface area contributed by atoms with E-state index in [9.17, 15) is 4.39 Å². The molecule has 2 saturated carbocycles. The van der Waals surface area contributed by atoms with Crippen LogP contribution in [0, 0.1) is 17.8 Å². The average Bonchev–Trinajstić information content (AvgIpc) is 2.40. The Morgan fingerprint density at radius 3 is 1.88 bits per heavy atom. The van der Waals surface area contributed by atoms with E-state index in [2.05, 4.69) is 6.92 Å². The van der Waals surface area contributed by atoms with E-state index in [0.717, 1.165) is 49.9 Å². The van der Waals surface area contributed by atoms with Gasteiger partial charge in [0.2, 0.25) is 0 Å². The van der Waals surface area contributed by atoms with Crippen molar-refractivity contribution in [2.24, 2.45) is 17.8 Å². The minimum absolute atomic E-state index is 0.724. The Balaban J connectivity index is 1.78. The van der Waals surface area contributed by atoms with Gasteiger partial charge < -0.3 is 0 Å². The molecule has 0 N–H and O–H groups in total. The van der Waals surface area contributed by atoms with Crippen LogP contribution in [0.4, 0.5) is 4.39 Å². The summed E-state index contributed by atoms with van der Waals surface area (Å²) in [5, 5.41) is 0. The second-order valence-electron chi connectivity index (χ2n) is 6.53. The summed E-state index contributed by atoms with van der Waals surface area (Å²) in [6.45, 7) is 4.33. The topological polar surface area (TPSA) is 0 Å². The standard InChI is InChI=1S/C16H29F/c1-3-13-5-7-14(8-6-13)15-9-11-16(17,4-2)12-10-15/h13-15H,3-12H2,1-2H3. The fourth-order valence-corrected chi connectivity index (χ4v) is 4.05. The molecule has 2 aliphatic carbocycles. The molecule has 2 fully saturated rings. The van der Waals surface area contributed by atoms with Gasteiger partial charge in [0.05, 0.1) is 0 Å². The van der Waals surface area contributed by atoms with Crippen molar-refractivity contribution >= 4 is 0 Å². The van der Waals surface area contributed by atoms with Crippen molar-refractivity contribution in [3.05, 3.63) is 0 Å². The first-order valence-corrected chi connectivity index (χ1v) is 7.85. The SMILES string of the molecule is CCC1CCC(C2CCC(F)(CC)CC2)CC1. The van der Waals surface area contributed by atoms with Crippen LogP contribution in [0.2, 0.25) is 0 Å². The summed E-state index contributed by atoms with van der Waals surface area (Å²) < 4.78 is 14.2. The summed E-state index contributed by atoms with van der Waals surface area (Å²) in [4.78, 5) is 0. The lowest BCUT2D eigenvalue weighted by Gasteiger charge is -2.39. The van der Waals surface area contributed by atoms with Crippen molar-refractivity contribution in [3.8, 4) is 0 Å². The van der Waals surface area contributed by atoms with Crippen molar-refractivity contribution in [1.82, 2.24) is 0 Å². The lowest BCUT2D eigenvalue weighted by atomic mass is 9.68. The summed E-state index contributed by atoms with van der Waals surface area (Å²) in [5.41, 5.74) is -0.808. The second kappa shape index (κ2) is 5.71. The Hall–Kier alpha value is -0.0700. The number of hydrogen-bond donors (Lipinski definition) is 0. The molecule has 17 heavy (non-hydrogen) atoms. The highest BCUT2D eigenvalue weighted by Gasteiger charge is 2.37. The number of alkyl halides is 1. The van der Waals surface area contributed by atoms with Crippen LogP contribution >= 0.6 is 0 Å². The molecule has 0 spiro atoms. The van der Waals surface area contributed by atoms with Gasteiger partial charge in [-0.15, -0.1) is 0 Å². The highest BCUT2D eigenvalue weighted by atomic mass is 19.1. The van der Waals surface area contributed by atoms with Crippen molar-refractivity contribution < 1.29 is 4.39 Å². The lowest BCUT2D eigenvalue weighted by molar-refractivity contribution is 0.0517.